The van der Waals surface area contributed by atoms with Gasteiger partial charge >= 0.3 is 6.01 Å². The molecule has 0 atom stereocenters. The summed E-state index contributed by atoms with van der Waals surface area (Å²) < 4.78 is 5.46. The zero-order chi connectivity index (χ0) is 18.2. The van der Waals surface area contributed by atoms with E-state index in [0.29, 0.717) is 29.7 Å². The van der Waals surface area contributed by atoms with Crippen LogP contribution in [0.1, 0.15) is 33.6 Å². The van der Waals surface area contributed by atoms with Gasteiger partial charge in [-0.3, -0.25) is 4.79 Å². The number of benzene rings is 1. The van der Waals surface area contributed by atoms with Crippen LogP contribution in [0.15, 0.2) is 50.0 Å². The molecule has 3 N–H and O–H groups in total. The summed E-state index contributed by atoms with van der Waals surface area (Å²) in [6, 6.07) is 7.34. The lowest BCUT2D eigenvalue weighted by molar-refractivity contribution is -0.117. The van der Waals surface area contributed by atoms with Gasteiger partial charge in [-0.25, -0.2) is 4.99 Å². The van der Waals surface area contributed by atoms with Gasteiger partial charge in [0.1, 0.15) is 11.3 Å². The number of allylic oxidation sites excluding steroid dienone is 2. The second-order valence-electron chi connectivity index (χ2n) is 6.89. The number of Topliss-reactive ketones (excluding diaryl/α,β-unsaturated/α-hetero) is 1. The van der Waals surface area contributed by atoms with Crippen LogP contribution in [0.4, 0.5) is 6.01 Å². The molecule has 1 aromatic heterocycles. The highest BCUT2D eigenvalue weighted by Gasteiger charge is 2.34. The number of carbonyl (C=O) groups excluding carboxylic acids is 1. The summed E-state index contributed by atoms with van der Waals surface area (Å²) in [5, 5.41) is 10.2. The normalized spacial score (nSPS) is 18.9. The molecule has 25 heavy (non-hydrogen) atoms. The summed E-state index contributed by atoms with van der Waals surface area (Å²) in [5.41, 5.74) is 7.38. The molecule has 0 amide bonds. The second kappa shape index (κ2) is 6.16. The maximum absolute atomic E-state index is 12.3. The minimum Gasteiger partial charge on any atom is -0.511 e. The number of oxazole rings is 1. The Morgan fingerprint density at radius 1 is 1.32 bits per heavy atom. The van der Waals surface area contributed by atoms with Gasteiger partial charge in [0.2, 0.25) is 5.96 Å². The number of para-hydroxylation sites is 2. The van der Waals surface area contributed by atoms with Crippen LogP contribution in [-0.4, -0.2) is 27.5 Å². The van der Waals surface area contributed by atoms with Crippen LogP contribution >= 0.6 is 0 Å². The molecule has 1 aliphatic rings. The average Bonchev–Trinajstić information content (AvgIpc) is 2.86. The Kier molecular flexibility index (Phi) is 4.16. The van der Waals surface area contributed by atoms with E-state index in [1.807, 2.05) is 26.0 Å². The van der Waals surface area contributed by atoms with E-state index in [1.54, 1.807) is 19.1 Å². The number of aromatic nitrogens is 1. The van der Waals surface area contributed by atoms with Gasteiger partial charge in [0, 0.05) is 12.8 Å². The molecule has 130 valence electrons. The molecule has 0 unspecified atom stereocenters. The topological polar surface area (TPSA) is 114 Å². The van der Waals surface area contributed by atoms with Crippen LogP contribution in [0.25, 0.3) is 11.1 Å². The van der Waals surface area contributed by atoms with Crippen molar-refractivity contribution in [2.45, 2.75) is 33.6 Å². The summed E-state index contributed by atoms with van der Waals surface area (Å²) in [7, 11) is 0. The van der Waals surface area contributed by atoms with Gasteiger partial charge in [-0.15, -0.1) is 0 Å². The summed E-state index contributed by atoms with van der Waals surface area (Å²) in [6.45, 7) is 5.50. The van der Waals surface area contributed by atoms with Crippen molar-refractivity contribution in [2.75, 3.05) is 0 Å². The molecule has 3 rings (SSSR count). The zero-order valence-electron chi connectivity index (χ0n) is 14.4. The molecule has 0 radical (unpaired) electrons. The molecule has 1 aliphatic carbocycles. The number of nitrogens with zero attached hydrogens (tertiary/aromatic N) is 3. The van der Waals surface area contributed by atoms with Crippen molar-refractivity contribution in [3.63, 3.8) is 0 Å². The molecule has 1 heterocycles. The highest BCUT2D eigenvalue weighted by molar-refractivity contribution is 6.24. The van der Waals surface area contributed by atoms with Crippen molar-refractivity contribution < 1.29 is 14.3 Å². The molecule has 0 saturated carbocycles. The van der Waals surface area contributed by atoms with E-state index in [2.05, 4.69) is 15.0 Å². The van der Waals surface area contributed by atoms with Crippen molar-refractivity contribution in [2.24, 2.45) is 21.1 Å². The number of aliphatic hydroxyl groups excluding tert-OH is 1. The zero-order valence-corrected chi connectivity index (χ0v) is 14.4. The lowest BCUT2D eigenvalue weighted by atomic mass is 9.76. The van der Waals surface area contributed by atoms with Crippen molar-refractivity contribution in [3.8, 4) is 0 Å². The molecule has 2 aromatic rings. The monoisotopic (exact) mass is 340 g/mol. The first kappa shape index (κ1) is 16.9. The number of aliphatic hydroxyl groups is 1. The number of guanidine groups is 1. The number of hydrogen-bond donors (Lipinski definition) is 2. The molecule has 7 nitrogen and oxygen atoms in total. The molecule has 0 aliphatic heterocycles. The summed E-state index contributed by atoms with van der Waals surface area (Å²) in [4.78, 5) is 24.6. The van der Waals surface area contributed by atoms with Crippen molar-refractivity contribution >= 4 is 34.6 Å². The third-order valence-corrected chi connectivity index (χ3v) is 3.99. The molecule has 7 heteroatoms. The molecule has 0 bridgehead atoms. The van der Waals surface area contributed by atoms with Crippen LogP contribution in [0.5, 0.6) is 0 Å². The van der Waals surface area contributed by atoms with E-state index in [1.165, 1.54) is 0 Å². The largest absolute Gasteiger partial charge is 0.511 e. The number of carbonyl (C=O) groups is 1. The molecule has 0 fully saturated rings. The van der Waals surface area contributed by atoms with Crippen LogP contribution < -0.4 is 5.73 Å². The first-order chi connectivity index (χ1) is 11.7. The van der Waals surface area contributed by atoms with Crippen LogP contribution in [-0.2, 0) is 4.79 Å². The minimum absolute atomic E-state index is 0.0390. The predicted molar refractivity (Wildman–Crippen MR) is 96.1 cm³/mol. The van der Waals surface area contributed by atoms with Gasteiger partial charge in [0.05, 0.1) is 11.3 Å². The minimum atomic E-state index is -0.261. The van der Waals surface area contributed by atoms with Gasteiger partial charge in [0.15, 0.2) is 11.4 Å². The highest BCUT2D eigenvalue weighted by Crippen LogP contribution is 2.36. The Morgan fingerprint density at radius 2 is 2.04 bits per heavy atom. The third kappa shape index (κ3) is 3.60. The molecular weight excluding hydrogens is 320 g/mol. The fourth-order valence-electron chi connectivity index (χ4n) is 2.96. The maximum Gasteiger partial charge on any atom is 0.326 e. The summed E-state index contributed by atoms with van der Waals surface area (Å²) in [6.07, 6.45) is 0.768. The standard InChI is InChI=1S/C18H20N4O3/c1-10(15-12(23)8-18(2,3)9-13(15)24)20-16(19)22-17-21-11-6-4-5-7-14(11)25-17/h4-7,23H,8-9H2,1-3H3,(H2,19,21,22)/b20-10+. The van der Waals surface area contributed by atoms with Crippen molar-refractivity contribution in [1.29, 1.82) is 0 Å². The Hall–Kier alpha value is -2.96. The lowest BCUT2D eigenvalue weighted by Gasteiger charge is -2.29. The van der Waals surface area contributed by atoms with E-state index in [0.717, 1.165) is 0 Å². The summed E-state index contributed by atoms with van der Waals surface area (Å²) in [5.74, 6) is -0.205. The van der Waals surface area contributed by atoms with Crippen LogP contribution in [0, 0.1) is 5.41 Å². The first-order valence-corrected chi connectivity index (χ1v) is 7.96. The first-order valence-electron chi connectivity index (χ1n) is 7.96. The second-order valence-corrected chi connectivity index (χ2v) is 6.89. The number of nitrogens with two attached hydrogens (primary N) is 1. The van der Waals surface area contributed by atoms with E-state index >= 15 is 0 Å². The fraction of sp³-hybridized carbons (Fsp3) is 0.333. The average molecular weight is 340 g/mol. The van der Waals surface area contributed by atoms with Gasteiger partial charge in [-0.1, -0.05) is 26.0 Å². The van der Waals surface area contributed by atoms with Gasteiger partial charge < -0.3 is 15.3 Å². The Bertz CT molecular complexity index is 902. The van der Waals surface area contributed by atoms with Crippen molar-refractivity contribution in [3.05, 3.63) is 35.6 Å². The van der Waals surface area contributed by atoms with Gasteiger partial charge in [0.25, 0.3) is 0 Å². The maximum atomic E-state index is 12.3. The van der Waals surface area contributed by atoms with E-state index in [4.69, 9.17) is 10.2 Å². The summed E-state index contributed by atoms with van der Waals surface area (Å²) >= 11 is 0. The Labute approximate surface area is 145 Å². The molecule has 1 aromatic carbocycles. The number of ketones is 1. The van der Waals surface area contributed by atoms with E-state index in [-0.39, 0.29) is 34.5 Å². The number of fused-ring (bicyclic) bond motifs is 1. The van der Waals surface area contributed by atoms with E-state index < -0.39 is 0 Å². The molecule has 0 spiro atoms. The number of rotatable bonds is 2. The number of hydrogen-bond acceptors (Lipinski definition) is 5. The lowest BCUT2D eigenvalue weighted by Crippen LogP contribution is -2.29. The smallest absolute Gasteiger partial charge is 0.326 e. The quantitative estimate of drug-likeness (QED) is 0.642. The van der Waals surface area contributed by atoms with Crippen molar-refractivity contribution in [1.82, 2.24) is 4.98 Å². The Morgan fingerprint density at radius 3 is 2.72 bits per heavy atom. The third-order valence-electron chi connectivity index (χ3n) is 3.99. The van der Waals surface area contributed by atoms with Crippen LogP contribution in [0.3, 0.4) is 0 Å². The van der Waals surface area contributed by atoms with Gasteiger partial charge in [-0.05, 0) is 24.5 Å². The number of aliphatic imine (C=N–C) groups is 2. The Balaban J connectivity index is 1.89. The fourth-order valence-corrected chi connectivity index (χ4v) is 2.96. The SMILES string of the molecule is C/C(=N\C(N)=Nc1nc2ccccc2o1)C1=C(O)CC(C)(C)CC1=O. The molecular formula is C18H20N4O3. The van der Waals surface area contributed by atoms with Crippen LogP contribution in [0.2, 0.25) is 0 Å². The predicted octanol–water partition coefficient (Wildman–Crippen LogP) is 3.44. The molecule has 0 saturated heterocycles. The van der Waals surface area contributed by atoms with E-state index in [9.17, 15) is 9.90 Å². The van der Waals surface area contributed by atoms with Gasteiger partial charge in [-0.2, -0.15) is 9.98 Å². The highest BCUT2D eigenvalue weighted by atomic mass is 16.4.